The first-order valence-electron chi connectivity index (χ1n) is 9.76. The van der Waals surface area contributed by atoms with Gasteiger partial charge in [-0.25, -0.2) is 0 Å². The number of ether oxygens (including phenoxy) is 2. The summed E-state index contributed by atoms with van der Waals surface area (Å²) < 4.78 is 16.5. The Bertz CT molecular complexity index is 1210. The summed E-state index contributed by atoms with van der Waals surface area (Å²) >= 11 is 6.05. The minimum absolute atomic E-state index is 0.250. The second kappa shape index (κ2) is 9.53. The number of methoxy groups -OCH3 is 2. The predicted molar refractivity (Wildman–Crippen MR) is 120 cm³/mol. The van der Waals surface area contributed by atoms with E-state index in [0.29, 0.717) is 28.0 Å². The lowest BCUT2D eigenvalue weighted by atomic mass is 10.1. The van der Waals surface area contributed by atoms with Crippen LogP contribution in [0.1, 0.15) is 27.9 Å². The summed E-state index contributed by atoms with van der Waals surface area (Å²) in [5.74, 6) is 1.25. The molecule has 0 saturated heterocycles. The molecule has 0 saturated carbocycles. The first-order chi connectivity index (χ1) is 15.6. The summed E-state index contributed by atoms with van der Waals surface area (Å²) in [4.78, 5) is 13.1. The van der Waals surface area contributed by atoms with Crippen molar-refractivity contribution in [1.29, 1.82) is 0 Å². The molecule has 4 rings (SSSR count). The topological polar surface area (TPSA) is 86.5 Å². The van der Waals surface area contributed by atoms with Crippen molar-refractivity contribution in [2.45, 2.75) is 6.04 Å². The maximum absolute atomic E-state index is 13.1. The molecule has 0 radical (unpaired) electrons. The third kappa shape index (κ3) is 4.58. The number of hydrogen-bond donors (Lipinski definition) is 1. The molecule has 1 unspecified atom stereocenters. The van der Waals surface area contributed by atoms with Gasteiger partial charge in [-0.3, -0.25) is 4.79 Å². The monoisotopic (exact) mass is 449 g/mol. The molecule has 0 aliphatic rings. The van der Waals surface area contributed by atoms with Crippen LogP contribution in [0, 0.1) is 0 Å². The fraction of sp³-hybridized carbons (Fsp3) is 0.125. The van der Waals surface area contributed by atoms with Crippen LogP contribution in [0.2, 0.25) is 5.02 Å². The molecule has 1 N–H and O–H groups in total. The summed E-state index contributed by atoms with van der Waals surface area (Å²) in [6.07, 6.45) is 0. The number of aromatic nitrogens is 2. The first kappa shape index (κ1) is 21.4. The minimum atomic E-state index is -0.683. The standard InChI is InChI=1S/C24H20ClN3O4/c1-30-19-13-10-17(14-20(19)31-2)22(29)26-21(15-8-11-18(25)12-9-15)24-28-27-23(32-24)16-6-4-3-5-7-16/h3-14,21H,1-2H3,(H,26,29). The Morgan fingerprint density at radius 3 is 2.34 bits per heavy atom. The number of nitrogens with zero attached hydrogens (tertiary/aromatic N) is 2. The van der Waals surface area contributed by atoms with Crippen molar-refractivity contribution in [3.05, 3.63) is 94.8 Å². The van der Waals surface area contributed by atoms with Crippen molar-refractivity contribution in [2.24, 2.45) is 0 Å². The number of amides is 1. The van der Waals surface area contributed by atoms with Crippen molar-refractivity contribution >= 4 is 17.5 Å². The molecular formula is C24H20ClN3O4. The highest BCUT2D eigenvalue weighted by Gasteiger charge is 2.24. The predicted octanol–water partition coefficient (Wildman–Crippen LogP) is 4.93. The van der Waals surface area contributed by atoms with E-state index >= 15 is 0 Å². The SMILES string of the molecule is COc1ccc(C(=O)NC(c2ccc(Cl)cc2)c2nnc(-c3ccccc3)o2)cc1OC. The Balaban J connectivity index is 1.67. The first-order valence-corrected chi connectivity index (χ1v) is 10.1. The van der Waals surface area contributed by atoms with Crippen LogP contribution >= 0.6 is 11.6 Å². The normalized spacial score (nSPS) is 11.6. The number of rotatable bonds is 7. The van der Waals surface area contributed by atoms with Crippen molar-refractivity contribution in [3.8, 4) is 23.0 Å². The zero-order valence-electron chi connectivity index (χ0n) is 17.4. The highest BCUT2D eigenvalue weighted by Crippen LogP contribution is 2.29. The molecule has 1 aromatic heterocycles. The van der Waals surface area contributed by atoms with Gasteiger partial charge in [-0.05, 0) is 48.0 Å². The Morgan fingerprint density at radius 2 is 1.66 bits per heavy atom. The van der Waals surface area contributed by atoms with Gasteiger partial charge in [0.25, 0.3) is 5.91 Å². The molecule has 7 nitrogen and oxygen atoms in total. The lowest BCUT2D eigenvalue weighted by molar-refractivity contribution is 0.0937. The molecule has 0 aliphatic carbocycles. The number of halogens is 1. The summed E-state index contributed by atoms with van der Waals surface area (Å²) in [6.45, 7) is 0. The molecule has 0 fully saturated rings. The molecule has 4 aromatic rings. The number of carbonyl (C=O) groups excluding carboxylic acids is 1. The summed E-state index contributed by atoms with van der Waals surface area (Å²) in [6, 6.07) is 20.7. The quantitative estimate of drug-likeness (QED) is 0.430. The van der Waals surface area contributed by atoms with Gasteiger partial charge in [0, 0.05) is 16.1 Å². The van der Waals surface area contributed by atoms with Gasteiger partial charge >= 0.3 is 0 Å². The average molecular weight is 450 g/mol. The molecule has 1 atom stereocenters. The van der Waals surface area contributed by atoms with Crippen molar-refractivity contribution in [3.63, 3.8) is 0 Å². The van der Waals surface area contributed by atoms with E-state index in [1.54, 1.807) is 42.5 Å². The Labute approximate surface area is 190 Å². The second-order valence-corrected chi connectivity index (χ2v) is 7.28. The molecule has 0 aliphatic heterocycles. The van der Waals surface area contributed by atoms with Gasteiger partial charge in [0.15, 0.2) is 11.5 Å². The number of carbonyl (C=O) groups is 1. The van der Waals surface area contributed by atoms with Gasteiger partial charge in [-0.1, -0.05) is 41.9 Å². The Morgan fingerprint density at radius 1 is 0.938 bits per heavy atom. The third-order valence-corrected chi connectivity index (χ3v) is 5.08. The van der Waals surface area contributed by atoms with Gasteiger partial charge in [-0.2, -0.15) is 0 Å². The van der Waals surface area contributed by atoms with Gasteiger partial charge in [0.1, 0.15) is 6.04 Å². The van der Waals surface area contributed by atoms with Crippen LogP contribution < -0.4 is 14.8 Å². The van der Waals surface area contributed by atoms with Gasteiger partial charge in [0.05, 0.1) is 14.2 Å². The zero-order chi connectivity index (χ0) is 22.5. The smallest absolute Gasteiger partial charge is 0.252 e. The number of nitrogens with one attached hydrogen (secondary N) is 1. The van der Waals surface area contributed by atoms with Crippen molar-refractivity contribution in [1.82, 2.24) is 15.5 Å². The lowest BCUT2D eigenvalue weighted by Crippen LogP contribution is -2.29. The molecule has 162 valence electrons. The van der Waals surface area contributed by atoms with Crippen LogP contribution in [0.5, 0.6) is 11.5 Å². The molecule has 8 heteroatoms. The Kier molecular flexibility index (Phi) is 6.37. The van der Waals surface area contributed by atoms with Crippen LogP contribution in [0.25, 0.3) is 11.5 Å². The third-order valence-electron chi connectivity index (χ3n) is 4.83. The lowest BCUT2D eigenvalue weighted by Gasteiger charge is -2.17. The van der Waals surface area contributed by atoms with Crippen molar-refractivity contribution < 1.29 is 18.7 Å². The van der Waals surface area contributed by atoms with Crippen molar-refractivity contribution in [2.75, 3.05) is 14.2 Å². The molecular weight excluding hydrogens is 430 g/mol. The largest absolute Gasteiger partial charge is 0.493 e. The van der Waals surface area contributed by atoms with Gasteiger partial charge in [-0.15, -0.1) is 10.2 Å². The molecule has 1 amide bonds. The highest BCUT2D eigenvalue weighted by atomic mass is 35.5. The van der Waals surface area contributed by atoms with E-state index < -0.39 is 6.04 Å². The molecule has 0 bridgehead atoms. The van der Waals surface area contributed by atoms with Crippen LogP contribution in [-0.4, -0.2) is 30.3 Å². The molecule has 1 heterocycles. The number of hydrogen-bond acceptors (Lipinski definition) is 6. The number of benzene rings is 3. The molecule has 3 aromatic carbocycles. The summed E-state index contributed by atoms with van der Waals surface area (Å²) in [5.41, 5.74) is 1.92. The molecule has 32 heavy (non-hydrogen) atoms. The summed E-state index contributed by atoms with van der Waals surface area (Å²) in [7, 11) is 3.05. The van der Waals surface area contributed by atoms with Crippen LogP contribution in [0.15, 0.2) is 77.2 Å². The average Bonchev–Trinajstić information content (AvgIpc) is 3.33. The maximum atomic E-state index is 13.1. The molecule has 0 spiro atoms. The minimum Gasteiger partial charge on any atom is -0.493 e. The van der Waals surface area contributed by atoms with E-state index in [4.69, 9.17) is 25.5 Å². The van der Waals surface area contributed by atoms with Gasteiger partial charge in [0.2, 0.25) is 11.8 Å². The van der Waals surface area contributed by atoms with Crippen LogP contribution in [-0.2, 0) is 0 Å². The summed E-state index contributed by atoms with van der Waals surface area (Å²) in [5, 5.41) is 11.9. The van der Waals surface area contributed by atoms with E-state index in [1.165, 1.54) is 14.2 Å². The van der Waals surface area contributed by atoms with E-state index in [-0.39, 0.29) is 11.8 Å². The zero-order valence-corrected chi connectivity index (χ0v) is 18.2. The van der Waals surface area contributed by atoms with Crippen LogP contribution in [0.3, 0.4) is 0 Å². The maximum Gasteiger partial charge on any atom is 0.252 e. The van der Waals surface area contributed by atoms with E-state index in [1.807, 2.05) is 30.3 Å². The van der Waals surface area contributed by atoms with E-state index in [2.05, 4.69) is 15.5 Å². The fourth-order valence-electron chi connectivity index (χ4n) is 3.18. The second-order valence-electron chi connectivity index (χ2n) is 6.84. The van der Waals surface area contributed by atoms with Gasteiger partial charge < -0.3 is 19.2 Å². The van der Waals surface area contributed by atoms with Crippen LogP contribution in [0.4, 0.5) is 0 Å². The Hall–Kier alpha value is -3.84. The van der Waals surface area contributed by atoms with E-state index in [9.17, 15) is 4.79 Å². The fourth-order valence-corrected chi connectivity index (χ4v) is 3.31. The van der Waals surface area contributed by atoms with E-state index in [0.717, 1.165) is 11.1 Å². The highest BCUT2D eigenvalue weighted by molar-refractivity contribution is 6.30.